The van der Waals surface area contributed by atoms with E-state index in [1.165, 1.54) is 16.7 Å². The normalized spacial score (nSPS) is 22.5. The molecule has 3 aliphatic heterocycles. The molecule has 8 nitrogen and oxygen atoms in total. The summed E-state index contributed by atoms with van der Waals surface area (Å²) < 4.78 is 0. The van der Waals surface area contributed by atoms with Crippen molar-refractivity contribution in [1.82, 2.24) is 20.1 Å². The molecule has 2 saturated heterocycles. The average molecular weight is 421 g/mol. The third-order valence-corrected chi connectivity index (χ3v) is 6.58. The number of nitrogen functional groups attached to an aromatic ring is 1. The second-order valence-corrected chi connectivity index (χ2v) is 8.68. The fourth-order valence-electron chi connectivity index (χ4n) is 4.83. The first-order chi connectivity index (χ1) is 15.0. The van der Waals surface area contributed by atoms with Gasteiger partial charge in [0.1, 0.15) is 5.82 Å². The summed E-state index contributed by atoms with van der Waals surface area (Å²) in [6, 6.07) is 10.4. The minimum atomic E-state index is -0.204. The number of hydrogen-bond donors (Lipinski definition) is 2. The molecule has 1 atom stereocenters. The van der Waals surface area contributed by atoms with E-state index in [2.05, 4.69) is 43.2 Å². The Balaban J connectivity index is 1.17. The van der Waals surface area contributed by atoms with Crippen molar-refractivity contribution in [1.29, 1.82) is 0 Å². The van der Waals surface area contributed by atoms with Gasteiger partial charge in [0.2, 0.25) is 11.8 Å². The summed E-state index contributed by atoms with van der Waals surface area (Å²) in [7, 11) is 0. The van der Waals surface area contributed by atoms with Gasteiger partial charge in [-0.25, -0.2) is 4.98 Å². The van der Waals surface area contributed by atoms with Gasteiger partial charge in [-0.1, -0.05) is 18.2 Å². The number of fused-ring (bicyclic) bond motifs is 1. The Labute approximate surface area is 182 Å². The SMILES string of the molecule is Nc1ccc(N2CCN(Cc3ccc4c(c3)CN(C3CCC(=O)NC3=O)C4)CC2)cn1. The highest BCUT2D eigenvalue weighted by molar-refractivity contribution is 6.00. The molecule has 1 unspecified atom stereocenters. The van der Waals surface area contributed by atoms with Gasteiger partial charge in [-0.2, -0.15) is 0 Å². The largest absolute Gasteiger partial charge is 0.384 e. The van der Waals surface area contributed by atoms with E-state index in [0.29, 0.717) is 18.7 Å². The molecule has 0 aliphatic carbocycles. The zero-order chi connectivity index (χ0) is 21.4. The van der Waals surface area contributed by atoms with Crippen LogP contribution in [0, 0.1) is 0 Å². The van der Waals surface area contributed by atoms with Gasteiger partial charge in [-0.15, -0.1) is 0 Å². The highest BCUT2D eigenvalue weighted by atomic mass is 16.2. The Hall–Kier alpha value is -2.97. The van der Waals surface area contributed by atoms with Gasteiger partial charge in [0.15, 0.2) is 0 Å². The lowest BCUT2D eigenvalue weighted by atomic mass is 10.0. The van der Waals surface area contributed by atoms with Crippen molar-refractivity contribution < 1.29 is 9.59 Å². The summed E-state index contributed by atoms with van der Waals surface area (Å²) in [5.74, 6) is 0.238. The van der Waals surface area contributed by atoms with Crippen LogP contribution in [0.25, 0.3) is 0 Å². The van der Waals surface area contributed by atoms with E-state index in [4.69, 9.17) is 5.73 Å². The standard InChI is InChI=1S/C23H28N6O2/c24-21-5-3-19(12-25-21)28-9-7-27(8-10-28)13-16-1-2-17-14-29(15-18(17)11-16)20-4-6-22(30)26-23(20)31/h1-3,5,11-12,20H,4,6-10,13-15H2,(H2,24,25)(H,26,30,31). The van der Waals surface area contributed by atoms with E-state index < -0.39 is 0 Å². The van der Waals surface area contributed by atoms with Crippen molar-refractivity contribution >= 4 is 23.3 Å². The van der Waals surface area contributed by atoms with Crippen molar-refractivity contribution in [3.8, 4) is 0 Å². The molecule has 3 N–H and O–H groups in total. The second kappa shape index (κ2) is 8.28. The van der Waals surface area contributed by atoms with Gasteiger partial charge < -0.3 is 10.6 Å². The summed E-state index contributed by atoms with van der Waals surface area (Å²) in [6.07, 6.45) is 2.88. The summed E-state index contributed by atoms with van der Waals surface area (Å²) >= 11 is 0. The van der Waals surface area contributed by atoms with Crippen LogP contribution in [0.1, 0.15) is 29.5 Å². The quantitative estimate of drug-likeness (QED) is 0.716. The van der Waals surface area contributed by atoms with E-state index in [9.17, 15) is 9.59 Å². The van der Waals surface area contributed by atoms with Crippen LogP contribution in [0.15, 0.2) is 36.5 Å². The number of imide groups is 1. The molecule has 162 valence electrons. The fraction of sp³-hybridized carbons (Fsp3) is 0.435. The lowest BCUT2D eigenvalue weighted by Crippen LogP contribution is -2.50. The first kappa shape index (κ1) is 20.0. The maximum Gasteiger partial charge on any atom is 0.243 e. The number of aromatic nitrogens is 1. The number of amides is 2. The summed E-state index contributed by atoms with van der Waals surface area (Å²) in [6.45, 7) is 6.43. The Bertz CT molecular complexity index is 984. The predicted octanol–water partition coefficient (Wildman–Crippen LogP) is 1.11. The van der Waals surface area contributed by atoms with Crippen LogP contribution in [0.4, 0.5) is 11.5 Å². The van der Waals surface area contributed by atoms with Crippen LogP contribution >= 0.6 is 0 Å². The minimum Gasteiger partial charge on any atom is -0.384 e. The summed E-state index contributed by atoms with van der Waals surface area (Å²) in [5.41, 5.74) is 10.7. The van der Waals surface area contributed by atoms with E-state index >= 15 is 0 Å². The van der Waals surface area contributed by atoms with Crippen LogP contribution in [0.5, 0.6) is 0 Å². The van der Waals surface area contributed by atoms with E-state index in [0.717, 1.165) is 51.5 Å². The smallest absolute Gasteiger partial charge is 0.243 e. The molecule has 0 bridgehead atoms. The maximum atomic E-state index is 12.2. The first-order valence-electron chi connectivity index (χ1n) is 10.9. The van der Waals surface area contributed by atoms with Gasteiger partial charge >= 0.3 is 0 Å². The van der Waals surface area contributed by atoms with Crippen LogP contribution in [0.3, 0.4) is 0 Å². The van der Waals surface area contributed by atoms with Gasteiger partial charge in [-0.3, -0.25) is 24.7 Å². The number of pyridine rings is 1. The fourth-order valence-corrected chi connectivity index (χ4v) is 4.83. The number of nitrogens with one attached hydrogen (secondary N) is 1. The first-order valence-corrected chi connectivity index (χ1v) is 10.9. The molecule has 2 aromatic rings. The molecule has 1 aromatic carbocycles. The zero-order valence-electron chi connectivity index (χ0n) is 17.6. The Morgan fingerprint density at radius 3 is 2.58 bits per heavy atom. The second-order valence-electron chi connectivity index (χ2n) is 8.68. The molecular weight excluding hydrogens is 392 g/mol. The molecule has 1 aromatic heterocycles. The van der Waals surface area contributed by atoms with Crippen molar-refractivity contribution in [2.24, 2.45) is 0 Å². The molecule has 3 aliphatic rings. The van der Waals surface area contributed by atoms with Crippen molar-refractivity contribution in [2.45, 2.75) is 38.5 Å². The molecule has 0 saturated carbocycles. The number of benzene rings is 1. The molecule has 4 heterocycles. The number of piperidine rings is 1. The predicted molar refractivity (Wildman–Crippen MR) is 118 cm³/mol. The molecule has 8 heteroatoms. The third-order valence-electron chi connectivity index (χ3n) is 6.58. The van der Waals surface area contributed by atoms with Crippen molar-refractivity contribution in [3.05, 3.63) is 53.2 Å². The van der Waals surface area contributed by atoms with Gasteiger partial charge in [0.05, 0.1) is 17.9 Å². The Morgan fingerprint density at radius 1 is 1.03 bits per heavy atom. The summed E-state index contributed by atoms with van der Waals surface area (Å²) in [4.78, 5) is 34.9. The third kappa shape index (κ3) is 4.26. The lowest BCUT2D eigenvalue weighted by molar-refractivity contribution is -0.137. The van der Waals surface area contributed by atoms with E-state index in [1.54, 1.807) is 0 Å². The molecule has 2 fully saturated rings. The maximum absolute atomic E-state index is 12.2. The van der Waals surface area contributed by atoms with Crippen LogP contribution < -0.4 is 16.0 Å². The zero-order valence-corrected chi connectivity index (χ0v) is 17.6. The van der Waals surface area contributed by atoms with Crippen LogP contribution in [0.2, 0.25) is 0 Å². The number of rotatable bonds is 4. The number of carbonyl (C=O) groups excluding carboxylic acids is 2. The Morgan fingerprint density at radius 2 is 1.84 bits per heavy atom. The Kier molecular flexibility index (Phi) is 5.33. The van der Waals surface area contributed by atoms with E-state index in [-0.39, 0.29) is 17.9 Å². The number of anilines is 2. The highest BCUT2D eigenvalue weighted by Crippen LogP contribution is 2.28. The highest BCUT2D eigenvalue weighted by Gasteiger charge is 2.34. The topological polar surface area (TPSA) is 94.8 Å². The van der Waals surface area contributed by atoms with Gasteiger partial charge in [0, 0.05) is 52.2 Å². The molecule has 2 amide bonds. The lowest BCUT2D eigenvalue weighted by Gasteiger charge is -2.36. The van der Waals surface area contributed by atoms with E-state index in [1.807, 2.05) is 18.3 Å². The van der Waals surface area contributed by atoms with Crippen LogP contribution in [-0.4, -0.2) is 58.8 Å². The molecule has 0 spiro atoms. The number of piperazine rings is 1. The summed E-state index contributed by atoms with van der Waals surface area (Å²) in [5, 5.41) is 2.48. The number of hydrogen-bond acceptors (Lipinski definition) is 7. The number of carbonyl (C=O) groups is 2. The molecule has 0 radical (unpaired) electrons. The van der Waals surface area contributed by atoms with Crippen LogP contribution in [-0.2, 0) is 29.2 Å². The monoisotopic (exact) mass is 420 g/mol. The molecule has 31 heavy (non-hydrogen) atoms. The van der Waals surface area contributed by atoms with Gasteiger partial charge in [0.25, 0.3) is 0 Å². The number of nitrogens with two attached hydrogens (primary N) is 1. The van der Waals surface area contributed by atoms with Gasteiger partial charge in [-0.05, 0) is 35.2 Å². The van der Waals surface area contributed by atoms with Crippen molar-refractivity contribution in [2.75, 3.05) is 36.8 Å². The number of nitrogens with zero attached hydrogens (tertiary/aromatic N) is 4. The molecular formula is C23H28N6O2. The molecule has 5 rings (SSSR count). The van der Waals surface area contributed by atoms with Crippen molar-refractivity contribution in [3.63, 3.8) is 0 Å². The minimum absolute atomic E-state index is 0.154. The average Bonchev–Trinajstić information content (AvgIpc) is 3.18.